The van der Waals surface area contributed by atoms with Crippen molar-refractivity contribution in [2.75, 3.05) is 24.6 Å². The Hall–Kier alpha value is -1.90. The Kier molecular flexibility index (Phi) is 4.65. The fourth-order valence-corrected chi connectivity index (χ4v) is 1.52. The first kappa shape index (κ1) is 15.2. The topological polar surface area (TPSA) is 79.5 Å². The first-order valence-corrected chi connectivity index (χ1v) is 5.29. The minimum atomic E-state index is -4.45. The van der Waals surface area contributed by atoms with Gasteiger partial charge in [0, 0.05) is 12.6 Å². The van der Waals surface area contributed by atoms with Crippen LogP contribution in [0.5, 0.6) is 0 Å². The van der Waals surface area contributed by atoms with Crippen molar-refractivity contribution in [3.8, 4) is 0 Å². The highest BCUT2D eigenvalue weighted by Crippen LogP contribution is 2.23. The predicted octanol–water partition coefficient (Wildman–Crippen LogP) is 1.66. The molecule has 1 N–H and O–H groups in total. The smallest absolute Gasteiger partial charge is 0.395 e. The molecule has 0 atom stereocenters. The lowest BCUT2D eigenvalue weighted by Gasteiger charge is -2.24. The largest absolute Gasteiger partial charge is 0.405 e. The van der Waals surface area contributed by atoms with Crippen LogP contribution in [0.1, 0.15) is 5.69 Å². The van der Waals surface area contributed by atoms with E-state index in [1.807, 2.05) is 0 Å². The van der Waals surface area contributed by atoms with E-state index in [1.165, 1.54) is 6.92 Å². The van der Waals surface area contributed by atoms with E-state index in [9.17, 15) is 23.3 Å². The summed E-state index contributed by atoms with van der Waals surface area (Å²) in [6.07, 6.45) is -4.45. The quantitative estimate of drug-likeness (QED) is 0.655. The van der Waals surface area contributed by atoms with Crippen molar-refractivity contribution in [1.82, 2.24) is 4.98 Å². The maximum absolute atomic E-state index is 12.4. The van der Waals surface area contributed by atoms with Gasteiger partial charge in [0.05, 0.1) is 11.5 Å². The summed E-state index contributed by atoms with van der Waals surface area (Å²) < 4.78 is 37.1. The SMILES string of the molecule is Cc1nc(N(CCO)CC(F)(F)F)ccc1[N+](=O)[O-]. The van der Waals surface area contributed by atoms with E-state index in [4.69, 9.17) is 5.11 Å². The van der Waals surface area contributed by atoms with Crippen molar-refractivity contribution in [2.45, 2.75) is 13.1 Å². The second-order valence-electron chi connectivity index (χ2n) is 3.79. The minimum Gasteiger partial charge on any atom is -0.395 e. The number of aliphatic hydroxyl groups is 1. The normalized spacial score (nSPS) is 11.4. The van der Waals surface area contributed by atoms with Gasteiger partial charge in [0.1, 0.15) is 18.1 Å². The summed E-state index contributed by atoms with van der Waals surface area (Å²) in [4.78, 5) is 14.5. The van der Waals surface area contributed by atoms with Crippen LogP contribution in [0.2, 0.25) is 0 Å². The van der Waals surface area contributed by atoms with Crippen LogP contribution in [0.15, 0.2) is 12.1 Å². The molecule has 0 unspecified atom stereocenters. The first-order valence-electron chi connectivity index (χ1n) is 5.29. The third-order valence-corrected chi connectivity index (χ3v) is 2.30. The highest BCUT2D eigenvalue weighted by atomic mass is 19.4. The van der Waals surface area contributed by atoms with Gasteiger partial charge in [0.25, 0.3) is 5.69 Å². The number of hydrogen-bond donors (Lipinski definition) is 1. The fourth-order valence-electron chi connectivity index (χ4n) is 1.52. The summed E-state index contributed by atoms with van der Waals surface area (Å²) in [7, 11) is 0. The van der Waals surface area contributed by atoms with Crippen LogP contribution in [0, 0.1) is 17.0 Å². The van der Waals surface area contributed by atoms with Gasteiger partial charge in [-0.2, -0.15) is 13.2 Å². The molecule has 0 radical (unpaired) electrons. The maximum Gasteiger partial charge on any atom is 0.405 e. The molecule has 6 nitrogen and oxygen atoms in total. The lowest BCUT2D eigenvalue weighted by Crippen LogP contribution is -2.36. The van der Waals surface area contributed by atoms with Crippen LogP contribution in [0.3, 0.4) is 0 Å². The van der Waals surface area contributed by atoms with Crippen molar-refractivity contribution in [3.05, 3.63) is 27.9 Å². The maximum atomic E-state index is 12.4. The number of alkyl halides is 3. The Morgan fingerprint density at radius 2 is 2.11 bits per heavy atom. The van der Waals surface area contributed by atoms with E-state index < -0.39 is 24.3 Å². The predicted molar refractivity (Wildman–Crippen MR) is 61.0 cm³/mol. The number of aromatic nitrogens is 1. The molecule has 0 aliphatic rings. The zero-order chi connectivity index (χ0) is 14.6. The second-order valence-corrected chi connectivity index (χ2v) is 3.79. The average molecular weight is 279 g/mol. The summed E-state index contributed by atoms with van der Waals surface area (Å²) in [5.41, 5.74) is -0.243. The molecular weight excluding hydrogens is 267 g/mol. The van der Waals surface area contributed by atoms with Gasteiger partial charge in [-0.15, -0.1) is 0 Å². The van der Waals surface area contributed by atoms with Crippen molar-refractivity contribution >= 4 is 11.5 Å². The third kappa shape index (κ3) is 4.36. The zero-order valence-corrected chi connectivity index (χ0v) is 10.0. The molecule has 0 bridgehead atoms. The summed E-state index contributed by atoms with van der Waals surface area (Å²) in [6, 6.07) is 2.23. The molecule has 0 aromatic carbocycles. The van der Waals surface area contributed by atoms with Crippen LogP contribution in [0.25, 0.3) is 0 Å². The molecule has 0 aliphatic heterocycles. The monoisotopic (exact) mass is 279 g/mol. The Balaban J connectivity index is 3.03. The van der Waals surface area contributed by atoms with Crippen LogP contribution in [-0.2, 0) is 0 Å². The Morgan fingerprint density at radius 3 is 2.53 bits per heavy atom. The number of halogens is 3. The average Bonchev–Trinajstić information content (AvgIpc) is 2.26. The minimum absolute atomic E-state index is 0.0209. The van der Waals surface area contributed by atoms with Gasteiger partial charge in [-0.05, 0) is 13.0 Å². The second kappa shape index (κ2) is 5.83. The Bertz CT molecular complexity index is 465. The van der Waals surface area contributed by atoms with Gasteiger partial charge in [0.15, 0.2) is 0 Å². The molecule has 0 saturated carbocycles. The van der Waals surface area contributed by atoms with E-state index in [-0.39, 0.29) is 23.7 Å². The number of pyridine rings is 1. The molecule has 0 saturated heterocycles. The van der Waals surface area contributed by atoms with Crippen LogP contribution in [-0.4, -0.2) is 40.9 Å². The summed E-state index contributed by atoms with van der Waals surface area (Å²) >= 11 is 0. The fraction of sp³-hybridized carbons (Fsp3) is 0.500. The van der Waals surface area contributed by atoms with E-state index >= 15 is 0 Å². The van der Waals surface area contributed by atoms with Crippen molar-refractivity contribution in [2.24, 2.45) is 0 Å². The molecule has 106 valence electrons. The molecule has 19 heavy (non-hydrogen) atoms. The van der Waals surface area contributed by atoms with Gasteiger partial charge < -0.3 is 10.0 Å². The number of rotatable bonds is 5. The lowest BCUT2D eigenvalue weighted by molar-refractivity contribution is -0.385. The molecule has 1 rings (SSSR count). The molecule has 0 amide bonds. The number of aliphatic hydroxyl groups excluding tert-OH is 1. The standard InChI is InChI=1S/C10H12F3N3O3/c1-7-8(16(18)19)2-3-9(14-7)15(4-5-17)6-10(11,12)13/h2-3,17H,4-6H2,1H3. The first-order chi connectivity index (χ1) is 8.74. The van der Waals surface area contributed by atoms with Gasteiger partial charge in [-0.25, -0.2) is 4.98 Å². The Labute approximate surface area is 106 Å². The van der Waals surface area contributed by atoms with E-state index in [0.29, 0.717) is 0 Å². The number of anilines is 1. The highest BCUT2D eigenvalue weighted by Gasteiger charge is 2.31. The van der Waals surface area contributed by atoms with E-state index in [2.05, 4.69) is 4.98 Å². The summed E-state index contributed by atoms with van der Waals surface area (Å²) in [5, 5.41) is 19.4. The lowest BCUT2D eigenvalue weighted by atomic mass is 10.3. The van der Waals surface area contributed by atoms with Gasteiger partial charge in [0.2, 0.25) is 0 Å². The number of aryl methyl sites for hydroxylation is 1. The van der Waals surface area contributed by atoms with Crippen molar-refractivity contribution in [1.29, 1.82) is 0 Å². The molecule has 1 aromatic heterocycles. The zero-order valence-electron chi connectivity index (χ0n) is 10.0. The van der Waals surface area contributed by atoms with Crippen molar-refractivity contribution < 1.29 is 23.2 Å². The van der Waals surface area contributed by atoms with E-state index in [0.717, 1.165) is 17.0 Å². The van der Waals surface area contributed by atoms with Crippen molar-refractivity contribution in [3.63, 3.8) is 0 Å². The number of nitrogens with zero attached hydrogens (tertiary/aromatic N) is 3. The molecule has 0 aliphatic carbocycles. The molecule has 0 fully saturated rings. The number of hydrogen-bond acceptors (Lipinski definition) is 5. The third-order valence-electron chi connectivity index (χ3n) is 2.30. The number of nitro groups is 1. The summed E-state index contributed by atoms with van der Waals surface area (Å²) in [5.74, 6) is -0.0607. The van der Waals surface area contributed by atoms with Gasteiger partial charge in [-0.3, -0.25) is 10.1 Å². The molecule has 9 heteroatoms. The molecule has 0 spiro atoms. The Morgan fingerprint density at radius 1 is 1.47 bits per heavy atom. The van der Waals surface area contributed by atoms with Gasteiger partial charge in [-0.1, -0.05) is 0 Å². The van der Waals surface area contributed by atoms with Crippen LogP contribution in [0.4, 0.5) is 24.7 Å². The highest BCUT2D eigenvalue weighted by molar-refractivity contribution is 5.46. The van der Waals surface area contributed by atoms with Crippen LogP contribution < -0.4 is 4.90 Å². The van der Waals surface area contributed by atoms with Gasteiger partial charge >= 0.3 is 6.18 Å². The molecule has 1 aromatic rings. The molecular formula is C10H12F3N3O3. The summed E-state index contributed by atoms with van der Waals surface area (Å²) in [6.45, 7) is -0.679. The van der Waals surface area contributed by atoms with E-state index in [1.54, 1.807) is 0 Å². The molecule has 1 heterocycles. The van der Waals surface area contributed by atoms with Crippen LogP contribution >= 0.6 is 0 Å².